The zero-order valence-corrected chi connectivity index (χ0v) is 20.0. The van der Waals surface area contributed by atoms with E-state index in [1.165, 1.54) is 12.1 Å². The van der Waals surface area contributed by atoms with Gasteiger partial charge in [0.25, 0.3) is 5.91 Å². The molecule has 34 heavy (non-hydrogen) atoms. The number of carbonyl (C=O) groups is 2. The molecule has 1 unspecified atom stereocenters. The van der Waals surface area contributed by atoms with Crippen LogP contribution in [0.15, 0.2) is 57.9 Å². The molecular formula is C22H23ClN4O6S. The number of nitrogens with one attached hydrogen (secondary N) is 2. The average Bonchev–Trinajstić information content (AvgIpc) is 3.26. The Morgan fingerprint density at radius 2 is 1.82 bits per heavy atom. The predicted molar refractivity (Wildman–Crippen MR) is 123 cm³/mol. The maximum Gasteiger partial charge on any atom is 0.315 e. The molecule has 2 aromatic carbocycles. The average molecular weight is 507 g/mol. The van der Waals surface area contributed by atoms with Gasteiger partial charge in [-0.25, -0.2) is 8.42 Å². The number of halogens is 1. The maximum absolute atomic E-state index is 12.4. The Morgan fingerprint density at radius 1 is 1.12 bits per heavy atom. The van der Waals surface area contributed by atoms with Crippen molar-refractivity contribution in [3.63, 3.8) is 0 Å². The summed E-state index contributed by atoms with van der Waals surface area (Å²) in [4.78, 5) is 28.3. The quantitative estimate of drug-likeness (QED) is 0.399. The van der Waals surface area contributed by atoms with Crippen LogP contribution in [0, 0.1) is 6.92 Å². The number of sulfone groups is 1. The lowest BCUT2D eigenvalue weighted by Gasteiger charge is -2.16. The van der Waals surface area contributed by atoms with Crippen LogP contribution in [0.5, 0.6) is 5.75 Å². The molecule has 3 rings (SSSR count). The van der Waals surface area contributed by atoms with E-state index >= 15 is 0 Å². The van der Waals surface area contributed by atoms with Crippen LogP contribution in [-0.4, -0.2) is 49.6 Å². The summed E-state index contributed by atoms with van der Waals surface area (Å²) in [5.41, 5.74) is 0.801. The lowest BCUT2D eigenvalue weighted by molar-refractivity contribution is -0.127. The first-order chi connectivity index (χ1) is 16.2. The summed E-state index contributed by atoms with van der Waals surface area (Å²) < 4.78 is 35.3. The van der Waals surface area contributed by atoms with Crippen molar-refractivity contribution in [2.45, 2.75) is 30.6 Å². The number of carbonyl (C=O) groups excluding carboxylic acids is 2. The van der Waals surface area contributed by atoms with Gasteiger partial charge >= 0.3 is 11.8 Å². The first-order valence-electron chi connectivity index (χ1n) is 10.2. The van der Waals surface area contributed by atoms with Gasteiger partial charge < -0.3 is 19.9 Å². The molecule has 0 fully saturated rings. The number of nitrogens with zero attached hydrogens (tertiary/aromatic N) is 2. The fraction of sp³-hybridized carbons (Fsp3) is 0.273. The standard InChI is InChI=1S/C22H23ClN4O6S/c1-14-12-16(23)8-9-18(14)32-15(2)20(28)24-10-11-25-21(29)22-26-19(27-33-22)13-34(30,31)17-6-4-3-5-7-17/h3-9,12,15H,10-11,13H2,1-2H3,(H,24,28)(H,25,29). The molecule has 12 heteroatoms. The largest absolute Gasteiger partial charge is 0.481 e. The lowest BCUT2D eigenvalue weighted by atomic mass is 10.2. The van der Waals surface area contributed by atoms with Gasteiger partial charge in [0.15, 0.2) is 21.8 Å². The molecule has 0 aliphatic carbocycles. The molecule has 1 aromatic heterocycles. The van der Waals surface area contributed by atoms with Crippen molar-refractivity contribution in [3.8, 4) is 5.75 Å². The number of rotatable bonds is 10. The molecule has 0 aliphatic heterocycles. The van der Waals surface area contributed by atoms with Gasteiger partial charge in [-0.2, -0.15) is 4.98 Å². The van der Waals surface area contributed by atoms with Gasteiger partial charge in [-0.05, 0) is 49.7 Å². The van der Waals surface area contributed by atoms with Crippen molar-refractivity contribution in [3.05, 3.63) is 70.8 Å². The number of aryl methyl sites for hydroxylation is 1. The molecule has 1 atom stereocenters. The third kappa shape index (κ3) is 6.78. The summed E-state index contributed by atoms with van der Waals surface area (Å²) in [6.07, 6.45) is -0.763. The fourth-order valence-corrected chi connectivity index (χ4v) is 4.28. The highest BCUT2D eigenvalue weighted by molar-refractivity contribution is 7.90. The number of hydrogen-bond acceptors (Lipinski definition) is 8. The third-order valence-electron chi connectivity index (χ3n) is 4.60. The van der Waals surface area contributed by atoms with E-state index in [2.05, 4.69) is 20.8 Å². The minimum Gasteiger partial charge on any atom is -0.481 e. The molecule has 0 aliphatic rings. The van der Waals surface area contributed by atoms with Gasteiger partial charge in [0, 0.05) is 18.1 Å². The molecule has 2 amide bonds. The Labute approximate surface area is 201 Å². The lowest BCUT2D eigenvalue weighted by Crippen LogP contribution is -2.40. The second-order valence-corrected chi connectivity index (χ2v) is 9.73. The van der Waals surface area contributed by atoms with E-state index < -0.39 is 27.6 Å². The summed E-state index contributed by atoms with van der Waals surface area (Å²) in [6.45, 7) is 3.63. The van der Waals surface area contributed by atoms with Gasteiger partial charge in [0.05, 0.1) is 4.90 Å². The van der Waals surface area contributed by atoms with Crippen LogP contribution in [0.1, 0.15) is 29.0 Å². The van der Waals surface area contributed by atoms with Crippen LogP contribution in [-0.2, 0) is 20.4 Å². The monoisotopic (exact) mass is 506 g/mol. The number of ether oxygens (including phenoxy) is 1. The Bertz CT molecular complexity index is 1260. The summed E-state index contributed by atoms with van der Waals surface area (Å²) in [7, 11) is -3.67. The summed E-state index contributed by atoms with van der Waals surface area (Å²) in [6, 6.07) is 12.9. The first kappa shape index (κ1) is 25.2. The van der Waals surface area contributed by atoms with Gasteiger partial charge in [-0.3, -0.25) is 9.59 Å². The normalized spacial score (nSPS) is 12.1. The van der Waals surface area contributed by atoms with Crippen molar-refractivity contribution < 1.29 is 27.3 Å². The second kappa shape index (κ2) is 11.1. The van der Waals surface area contributed by atoms with Gasteiger partial charge in [0.1, 0.15) is 11.5 Å². The van der Waals surface area contributed by atoms with E-state index in [1.807, 2.05) is 6.92 Å². The first-order valence-corrected chi connectivity index (χ1v) is 12.3. The topological polar surface area (TPSA) is 140 Å². The van der Waals surface area contributed by atoms with E-state index in [-0.39, 0.29) is 35.6 Å². The molecule has 3 aromatic rings. The van der Waals surface area contributed by atoms with Gasteiger partial charge in [0.2, 0.25) is 0 Å². The van der Waals surface area contributed by atoms with Crippen molar-refractivity contribution in [1.29, 1.82) is 0 Å². The fourth-order valence-electron chi connectivity index (χ4n) is 2.86. The molecular weight excluding hydrogens is 484 g/mol. The highest BCUT2D eigenvalue weighted by Gasteiger charge is 2.21. The van der Waals surface area contributed by atoms with Crippen LogP contribution in [0.25, 0.3) is 0 Å². The Morgan fingerprint density at radius 3 is 2.53 bits per heavy atom. The minimum absolute atomic E-state index is 0.0806. The zero-order chi connectivity index (χ0) is 24.7. The SMILES string of the molecule is Cc1cc(Cl)ccc1OC(C)C(=O)NCCNC(=O)c1nc(CS(=O)(=O)c2ccccc2)no1. The molecule has 0 spiro atoms. The number of amides is 2. The van der Waals surface area contributed by atoms with E-state index in [4.69, 9.17) is 20.9 Å². The minimum atomic E-state index is -3.67. The highest BCUT2D eigenvalue weighted by Crippen LogP contribution is 2.22. The van der Waals surface area contributed by atoms with E-state index in [1.54, 1.807) is 43.3 Å². The summed E-state index contributed by atoms with van der Waals surface area (Å²) in [5.74, 6) is -1.53. The van der Waals surface area contributed by atoms with E-state index in [0.717, 1.165) is 5.56 Å². The highest BCUT2D eigenvalue weighted by atomic mass is 35.5. The summed E-state index contributed by atoms with van der Waals surface area (Å²) >= 11 is 5.91. The molecule has 0 bridgehead atoms. The molecule has 10 nitrogen and oxygen atoms in total. The molecule has 2 N–H and O–H groups in total. The number of hydrogen-bond donors (Lipinski definition) is 2. The molecule has 1 heterocycles. The third-order valence-corrected chi connectivity index (χ3v) is 6.47. The van der Waals surface area contributed by atoms with E-state index in [0.29, 0.717) is 10.8 Å². The van der Waals surface area contributed by atoms with Crippen molar-refractivity contribution >= 4 is 33.3 Å². The van der Waals surface area contributed by atoms with Crippen molar-refractivity contribution in [2.24, 2.45) is 0 Å². The van der Waals surface area contributed by atoms with Gasteiger partial charge in [-0.15, -0.1) is 0 Å². The molecule has 0 saturated carbocycles. The van der Waals surface area contributed by atoms with Crippen molar-refractivity contribution in [2.75, 3.05) is 13.1 Å². The van der Waals surface area contributed by atoms with Crippen LogP contribution in [0.3, 0.4) is 0 Å². The van der Waals surface area contributed by atoms with Crippen LogP contribution < -0.4 is 15.4 Å². The Balaban J connectivity index is 1.44. The smallest absolute Gasteiger partial charge is 0.315 e. The van der Waals surface area contributed by atoms with Crippen molar-refractivity contribution in [1.82, 2.24) is 20.8 Å². The molecule has 0 saturated heterocycles. The van der Waals surface area contributed by atoms with E-state index in [9.17, 15) is 18.0 Å². The summed E-state index contributed by atoms with van der Waals surface area (Å²) in [5, 5.41) is 9.29. The Hall–Kier alpha value is -3.44. The second-order valence-electron chi connectivity index (χ2n) is 7.30. The number of aromatic nitrogens is 2. The van der Waals surface area contributed by atoms with Gasteiger partial charge in [-0.1, -0.05) is 35.0 Å². The number of benzene rings is 2. The van der Waals surface area contributed by atoms with Crippen LogP contribution >= 0.6 is 11.6 Å². The maximum atomic E-state index is 12.4. The zero-order valence-electron chi connectivity index (χ0n) is 18.4. The molecule has 180 valence electrons. The Kier molecular flexibility index (Phi) is 8.24. The van der Waals surface area contributed by atoms with Crippen LogP contribution in [0.4, 0.5) is 0 Å². The molecule has 0 radical (unpaired) electrons. The predicted octanol–water partition coefficient (Wildman–Crippen LogP) is 2.32. The van der Waals surface area contributed by atoms with Crippen LogP contribution in [0.2, 0.25) is 5.02 Å².